The summed E-state index contributed by atoms with van der Waals surface area (Å²) in [4.78, 5) is 7.46. The molecule has 0 radical (unpaired) electrons. The number of aliphatic imine (C=N–C) groups is 1. The van der Waals surface area contributed by atoms with Crippen molar-refractivity contribution in [3.05, 3.63) is 0 Å². The van der Waals surface area contributed by atoms with Gasteiger partial charge in [0.15, 0.2) is 5.96 Å². The number of likely N-dealkylation sites (tertiary alicyclic amines) is 1. The van der Waals surface area contributed by atoms with Gasteiger partial charge in [-0.1, -0.05) is 0 Å². The maximum Gasteiger partial charge on any atom is 0.191 e. The van der Waals surface area contributed by atoms with Crippen LogP contribution in [0.3, 0.4) is 0 Å². The monoisotopic (exact) mass is 400 g/mol. The zero-order valence-corrected chi connectivity index (χ0v) is 18.6. The van der Waals surface area contributed by atoms with Gasteiger partial charge in [-0.3, -0.25) is 4.99 Å². The average Bonchev–Trinajstić information content (AvgIpc) is 2.68. The first-order chi connectivity index (χ1) is 13.1. The highest BCUT2D eigenvalue weighted by atomic mass is 32.2. The minimum Gasteiger partial charge on any atom is -0.381 e. The van der Waals surface area contributed by atoms with Crippen LogP contribution in [0.15, 0.2) is 4.99 Å². The number of hydrogen-bond acceptors (Lipinski definition) is 5. The molecule has 0 bridgehead atoms. The summed E-state index contributed by atoms with van der Waals surface area (Å²) in [5.74, 6) is 0.971. The summed E-state index contributed by atoms with van der Waals surface area (Å²) >= 11 is 1.95. The van der Waals surface area contributed by atoms with E-state index in [1.807, 2.05) is 11.8 Å². The Bertz CT molecular complexity index is 434. The van der Waals surface area contributed by atoms with Crippen LogP contribution in [-0.4, -0.2) is 86.6 Å². The average molecular weight is 401 g/mol. The standard InChI is InChI=1S/C20H40N4O2S/c1-5-21-19(22-16-20(27-4)8-13-25-14-9-20)23-18-6-10-24(11-7-18)12-15-26-17(2)3/h17-18H,5-16H2,1-4H3,(H2,21,22,23). The third-order valence-electron chi connectivity index (χ3n) is 5.49. The van der Waals surface area contributed by atoms with E-state index in [0.717, 1.165) is 84.2 Å². The molecule has 27 heavy (non-hydrogen) atoms. The van der Waals surface area contributed by atoms with Crippen LogP contribution in [0.2, 0.25) is 0 Å². The number of thioether (sulfide) groups is 1. The highest BCUT2D eigenvalue weighted by molar-refractivity contribution is 8.00. The molecule has 158 valence electrons. The molecule has 0 aromatic heterocycles. The number of nitrogens with zero attached hydrogens (tertiary/aromatic N) is 2. The molecule has 0 unspecified atom stereocenters. The van der Waals surface area contributed by atoms with Gasteiger partial charge in [-0.15, -0.1) is 0 Å². The normalized spacial score (nSPS) is 22.2. The second-order valence-electron chi connectivity index (χ2n) is 7.87. The number of nitrogens with one attached hydrogen (secondary N) is 2. The van der Waals surface area contributed by atoms with E-state index in [1.165, 1.54) is 0 Å². The number of hydrogen-bond donors (Lipinski definition) is 2. The van der Waals surface area contributed by atoms with Gasteiger partial charge in [0.05, 0.1) is 19.3 Å². The van der Waals surface area contributed by atoms with Crippen LogP contribution in [0.1, 0.15) is 46.5 Å². The molecule has 2 rings (SSSR count). The van der Waals surface area contributed by atoms with E-state index in [-0.39, 0.29) is 4.75 Å². The smallest absolute Gasteiger partial charge is 0.191 e. The molecular weight excluding hydrogens is 360 g/mol. The van der Waals surface area contributed by atoms with Crippen LogP contribution >= 0.6 is 11.8 Å². The van der Waals surface area contributed by atoms with Crippen molar-refractivity contribution in [1.29, 1.82) is 0 Å². The second-order valence-corrected chi connectivity index (χ2v) is 9.15. The Morgan fingerprint density at radius 3 is 2.59 bits per heavy atom. The predicted octanol–water partition coefficient (Wildman–Crippen LogP) is 2.34. The number of ether oxygens (including phenoxy) is 2. The maximum absolute atomic E-state index is 5.68. The van der Waals surface area contributed by atoms with E-state index in [4.69, 9.17) is 14.5 Å². The van der Waals surface area contributed by atoms with Gasteiger partial charge in [-0.05, 0) is 52.7 Å². The molecule has 2 aliphatic heterocycles. The van der Waals surface area contributed by atoms with Gasteiger partial charge in [0.2, 0.25) is 0 Å². The predicted molar refractivity (Wildman–Crippen MR) is 116 cm³/mol. The summed E-state index contributed by atoms with van der Waals surface area (Å²) in [7, 11) is 0. The Morgan fingerprint density at radius 1 is 1.30 bits per heavy atom. The van der Waals surface area contributed by atoms with Gasteiger partial charge >= 0.3 is 0 Å². The Morgan fingerprint density at radius 2 is 2.00 bits per heavy atom. The summed E-state index contributed by atoms with van der Waals surface area (Å²) in [5.41, 5.74) is 0. The molecule has 2 aliphatic rings. The molecule has 2 saturated heterocycles. The molecule has 0 aromatic carbocycles. The minimum atomic E-state index is 0.236. The van der Waals surface area contributed by atoms with Gasteiger partial charge in [0.25, 0.3) is 0 Å². The molecule has 7 heteroatoms. The third kappa shape index (κ3) is 8.18. The van der Waals surface area contributed by atoms with E-state index in [1.54, 1.807) is 0 Å². The van der Waals surface area contributed by atoms with Crippen LogP contribution in [0.5, 0.6) is 0 Å². The third-order valence-corrected chi connectivity index (χ3v) is 6.90. The lowest BCUT2D eigenvalue weighted by molar-refractivity contribution is 0.0532. The summed E-state index contributed by atoms with van der Waals surface area (Å²) in [6.45, 7) is 13.9. The van der Waals surface area contributed by atoms with Crippen LogP contribution in [-0.2, 0) is 9.47 Å². The Hall–Kier alpha value is -0.500. The zero-order valence-electron chi connectivity index (χ0n) is 17.8. The molecule has 0 amide bonds. The lowest BCUT2D eigenvalue weighted by Crippen LogP contribution is -2.49. The quantitative estimate of drug-likeness (QED) is 0.458. The van der Waals surface area contributed by atoms with Gasteiger partial charge in [-0.25, -0.2) is 0 Å². The molecule has 2 heterocycles. The summed E-state index contributed by atoms with van der Waals surface area (Å²) < 4.78 is 11.5. The first-order valence-electron chi connectivity index (χ1n) is 10.6. The summed E-state index contributed by atoms with van der Waals surface area (Å²) in [6.07, 6.45) is 7.03. The van der Waals surface area contributed by atoms with Crippen molar-refractivity contribution < 1.29 is 9.47 Å². The molecule has 0 spiro atoms. The van der Waals surface area contributed by atoms with Crippen molar-refractivity contribution in [3.63, 3.8) is 0 Å². The van der Waals surface area contributed by atoms with Crippen LogP contribution in [0, 0.1) is 0 Å². The van der Waals surface area contributed by atoms with Crippen LogP contribution < -0.4 is 10.6 Å². The Kier molecular flexibility index (Phi) is 10.2. The van der Waals surface area contributed by atoms with E-state index in [2.05, 4.69) is 42.6 Å². The molecule has 2 fully saturated rings. The fourth-order valence-electron chi connectivity index (χ4n) is 3.63. The summed E-state index contributed by atoms with van der Waals surface area (Å²) in [5, 5.41) is 7.11. The fraction of sp³-hybridized carbons (Fsp3) is 0.950. The van der Waals surface area contributed by atoms with Crippen molar-refractivity contribution in [2.24, 2.45) is 4.99 Å². The minimum absolute atomic E-state index is 0.236. The Labute approximate surface area is 170 Å². The molecular formula is C20H40N4O2S. The van der Waals surface area contributed by atoms with Crippen molar-refractivity contribution in [3.8, 4) is 0 Å². The lowest BCUT2D eigenvalue weighted by Gasteiger charge is -2.35. The van der Waals surface area contributed by atoms with Crippen LogP contribution in [0.4, 0.5) is 0 Å². The first kappa shape index (κ1) is 22.8. The van der Waals surface area contributed by atoms with Crippen molar-refractivity contribution in [1.82, 2.24) is 15.5 Å². The molecule has 0 aliphatic carbocycles. The summed E-state index contributed by atoms with van der Waals surface area (Å²) in [6, 6.07) is 0.505. The topological polar surface area (TPSA) is 58.1 Å². The van der Waals surface area contributed by atoms with E-state index < -0.39 is 0 Å². The lowest BCUT2D eigenvalue weighted by atomic mass is 9.99. The van der Waals surface area contributed by atoms with Gasteiger partial charge in [-0.2, -0.15) is 11.8 Å². The van der Waals surface area contributed by atoms with Gasteiger partial charge < -0.3 is 25.0 Å². The number of piperidine rings is 1. The van der Waals surface area contributed by atoms with Crippen molar-refractivity contribution in [2.45, 2.75) is 63.3 Å². The van der Waals surface area contributed by atoms with E-state index in [0.29, 0.717) is 12.1 Å². The van der Waals surface area contributed by atoms with Crippen LogP contribution in [0.25, 0.3) is 0 Å². The van der Waals surface area contributed by atoms with Gasteiger partial charge in [0, 0.05) is 50.2 Å². The first-order valence-corrected chi connectivity index (χ1v) is 11.8. The number of rotatable bonds is 9. The molecule has 2 N–H and O–H groups in total. The van der Waals surface area contributed by atoms with Crippen molar-refractivity contribution in [2.75, 3.05) is 58.8 Å². The molecule has 0 atom stereocenters. The second kappa shape index (κ2) is 12.1. The van der Waals surface area contributed by atoms with E-state index >= 15 is 0 Å². The van der Waals surface area contributed by atoms with Crippen molar-refractivity contribution >= 4 is 17.7 Å². The highest BCUT2D eigenvalue weighted by Gasteiger charge is 2.31. The highest BCUT2D eigenvalue weighted by Crippen LogP contribution is 2.34. The Balaban J connectivity index is 1.78. The SMILES string of the molecule is CCNC(=NCC1(SC)CCOCC1)NC1CCN(CCOC(C)C)CC1. The molecule has 0 aromatic rings. The zero-order chi connectivity index (χ0) is 19.5. The molecule has 0 saturated carbocycles. The van der Waals surface area contributed by atoms with E-state index in [9.17, 15) is 0 Å². The molecule has 6 nitrogen and oxygen atoms in total. The number of guanidine groups is 1. The maximum atomic E-state index is 5.68. The fourth-order valence-corrected chi connectivity index (χ4v) is 4.39. The van der Waals surface area contributed by atoms with Gasteiger partial charge in [0.1, 0.15) is 0 Å². The largest absolute Gasteiger partial charge is 0.381 e.